The third kappa shape index (κ3) is 4.28. The van der Waals surface area contributed by atoms with Crippen LogP contribution in [0.5, 0.6) is 0 Å². The van der Waals surface area contributed by atoms with Crippen molar-refractivity contribution in [3.8, 4) is 0 Å². The first kappa shape index (κ1) is 21.3. The summed E-state index contributed by atoms with van der Waals surface area (Å²) in [6, 6.07) is 18.3. The van der Waals surface area contributed by atoms with Gasteiger partial charge in [-0.05, 0) is 88.4 Å². The first-order valence-corrected chi connectivity index (χ1v) is 10.9. The van der Waals surface area contributed by atoms with E-state index in [-0.39, 0.29) is 11.4 Å². The Hall–Kier alpha value is -2.91. The zero-order valence-electron chi connectivity index (χ0n) is 17.6. The first-order chi connectivity index (χ1) is 14.8. The summed E-state index contributed by atoms with van der Waals surface area (Å²) in [7, 11) is 0. The van der Waals surface area contributed by atoms with Crippen molar-refractivity contribution in [1.82, 2.24) is 0 Å². The van der Waals surface area contributed by atoms with Crippen LogP contribution in [-0.4, -0.2) is 11.1 Å². The Morgan fingerprint density at radius 1 is 0.968 bits per heavy atom. The van der Waals surface area contributed by atoms with Crippen LogP contribution in [0.15, 0.2) is 60.7 Å². The molecule has 31 heavy (non-hydrogen) atoms. The number of carbonyl (C=O) groups is 1. The lowest BCUT2D eigenvalue weighted by Gasteiger charge is -2.18. The van der Waals surface area contributed by atoms with Gasteiger partial charge in [0, 0.05) is 0 Å². The van der Waals surface area contributed by atoms with E-state index in [1.807, 2.05) is 6.07 Å². The Labute approximate surface area is 187 Å². The van der Waals surface area contributed by atoms with Crippen LogP contribution in [0.1, 0.15) is 70.8 Å². The molecule has 0 bridgehead atoms. The SMILES string of the molecule is CC(C)c1ccc(C2=C(c3ccc(F)cc3Cl)CCCc3cc(C(=O)O)ccc32)cc1. The van der Waals surface area contributed by atoms with Crippen LogP contribution in [0, 0.1) is 5.82 Å². The molecule has 0 unspecified atom stereocenters. The molecule has 3 aromatic rings. The van der Waals surface area contributed by atoms with Crippen molar-refractivity contribution in [3.63, 3.8) is 0 Å². The van der Waals surface area contributed by atoms with Gasteiger partial charge in [-0.3, -0.25) is 0 Å². The van der Waals surface area contributed by atoms with E-state index in [2.05, 4.69) is 38.1 Å². The van der Waals surface area contributed by atoms with Crippen LogP contribution in [-0.2, 0) is 6.42 Å². The number of halogens is 2. The van der Waals surface area contributed by atoms with Gasteiger partial charge in [0.25, 0.3) is 0 Å². The molecule has 0 atom stereocenters. The molecule has 0 heterocycles. The molecule has 1 aliphatic rings. The second-order valence-corrected chi connectivity index (χ2v) is 8.69. The molecule has 4 heteroatoms. The molecule has 0 spiro atoms. The van der Waals surface area contributed by atoms with Crippen LogP contribution < -0.4 is 0 Å². The van der Waals surface area contributed by atoms with Crippen LogP contribution in [0.3, 0.4) is 0 Å². The highest BCUT2D eigenvalue weighted by Gasteiger charge is 2.22. The maximum absolute atomic E-state index is 13.7. The summed E-state index contributed by atoms with van der Waals surface area (Å²) in [5.41, 5.74) is 7.52. The van der Waals surface area contributed by atoms with Gasteiger partial charge in [0.1, 0.15) is 5.82 Å². The molecule has 158 valence electrons. The predicted octanol–water partition coefficient (Wildman–Crippen LogP) is 7.60. The van der Waals surface area contributed by atoms with E-state index >= 15 is 0 Å². The Morgan fingerprint density at radius 3 is 2.32 bits per heavy atom. The Kier molecular flexibility index (Phi) is 5.97. The van der Waals surface area contributed by atoms with Gasteiger partial charge in [-0.15, -0.1) is 0 Å². The summed E-state index contributed by atoms with van der Waals surface area (Å²) in [6.07, 6.45) is 2.39. The van der Waals surface area contributed by atoms with Crippen molar-refractivity contribution in [2.75, 3.05) is 0 Å². The molecule has 1 N–H and O–H groups in total. The maximum atomic E-state index is 13.7. The normalized spacial score (nSPS) is 13.8. The van der Waals surface area contributed by atoms with Gasteiger partial charge in [-0.2, -0.15) is 0 Å². The molecule has 0 aliphatic heterocycles. The van der Waals surface area contributed by atoms with Crippen LogP contribution >= 0.6 is 11.6 Å². The van der Waals surface area contributed by atoms with Crippen molar-refractivity contribution in [2.24, 2.45) is 0 Å². The van der Waals surface area contributed by atoms with E-state index in [1.54, 1.807) is 18.2 Å². The molecule has 0 radical (unpaired) electrons. The molecular weight excluding hydrogens is 411 g/mol. The predicted molar refractivity (Wildman–Crippen MR) is 124 cm³/mol. The lowest BCUT2D eigenvalue weighted by Crippen LogP contribution is -2.01. The fourth-order valence-corrected chi connectivity index (χ4v) is 4.57. The standard InChI is InChI=1S/C27H24ClFO2/c1-16(2)17-6-8-18(9-7-17)26-22-12-10-20(27(30)31)14-19(22)4-3-5-24(26)23-13-11-21(29)15-25(23)28/h6-16H,3-5H2,1-2H3,(H,30,31). The molecule has 1 aliphatic carbocycles. The number of hydrogen-bond acceptors (Lipinski definition) is 1. The fourth-order valence-electron chi connectivity index (χ4n) is 4.29. The lowest BCUT2D eigenvalue weighted by atomic mass is 9.86. The molecule has 0 saturated heterocycles. The molecule has 0 aromatic heterocycles. The highest BCUT2D eigenvalue weighted by atomic mass is 35.5. The molecular formula is C27H24ClFO2. The second kappa shape index (κ2) is 8.68. The number of benzene rings is 3. The summed E-state index contributed by atoms with van der Waals surface area (Å²) in [5.74, 6) is -0.869. The molecule has 2 nitrogen and oxygen atoms in total. The number of carboxylic acid groups (broad SMARTS) is 1. The number of hydrogen-bond donors (Lipinski definition) is 1. The van der Waals surface area contributed by atoms with Gasteiger partial charge in [-0.25, -0.2) is 9.18 Å². The van der Waals surface area contributed by atoms with Gasteiger partial charge in [-0.1, -0.05) is 61.8 Å². The van der Waals surface area contributed by atoms with Gasteiger partial charge in [0.15, 0.2) is 0 Å². The number of fused-ring (bicyclic) bond motifs is 1. The van der Waals surface area contributed by atoms with Crippen molar-refractivity contribution in [1.29, 1.82) is 0 Å². The first-order valence-electron chi connectivity index (χ1n) is 10.5. The Balaban J connectivity index is 1.99. The van der Waals surface area contributed by atoms with Gasteiger partial charge in [0.2, 0.25) is 0 Å². The van der Waals surface area contributed by atoms with Crippen molar-refractivity contribution in [3.05, 3.63) is 105 Å². The minimum atomic E-state index is -0.930. The van der Waals surface area contributed by atoms with Crippen LogP contribution in [0.4, 0.5) is 4.39 Å². The fraction of sp³-hybridized carbons (Fsp3) is 0.222. The summed E-state index contributed by atoms with van der Waals surface area (Å²) >= 11 is 6.48. The molecule has 4 rings (SSSR count). The van der Waals surface area contributed by atoms with E-state index in [0.717, 1.165) is 52.7 Å². The number of allylic oxidation sites excluding steroid dienone is 1. The zero-order valence-corrected chi connectivity index (χ0v) is 18.3. The molecule has 3 aromatic carbocycles. The van der Waals surface area contributed by atoms with Crippen molar-refractivity contribution in [2.45, 2.75) is 39.0 Å². The minimum Gasteiger partial charge on any atom is -0.478 e. The van der Waals surface area contributed by atoms with Gasteiger partial charge < -0.3 is 5.11 Å². The smallest absolute Gasteiger partial charge is 0.335 e. The summed E-state index contributed by atoms with van der Waals surface area (Å²) in [6.45, 7) is 4.32. The molecule has 0 amide bonds. The second-order valence-electron chi connectivity index (χ2n) is 8.29. The highest BCUT2D eigenvalue weighted by Crippen LogP contribution is 2.42. The Bertz CT molecular complexity index is 1180. The van der Waals surface area contributed by atoms with Gasteiger partial charge in [0.05, 0.1) is 10.6 Å². The minimum absolute atomic E-state index is 0.288. The quantitative estimate of drug-likeness (QED) is 0.459. The van der Waals surface area contributed by atoms with E-state index < -0.39 is 5.97 Å². The van der Waals surface area contributed by atoms with Gasteiger partial charge >= 0.3 is 5.97 Å². The third-order valence-corrected chi connectivity index (χ3v) is 6.23. The van der Waals surface area contributed by atoms with Crippen LogP contribution in [0.2, 0.25) is 5.02 Å². The summed E-state index contributed by atoms with van der Waals surface area (Å²) < 4.78 is 13.7. The lowest BCUT2D eigenvalue weighted by molar-refractivity contribution is 0.0696. The van der Waals surface area contributed by atoms with Crippen LogP contribution in [0.25, 0.3) is 11.1 Å². The third-order valence-electron chi connectivity index (χ3n) is 5.92. The van der Waals surface area contributed by atoms with E-state index in [9.17, 15) is 14.3 Å². The number of rotatable bonds is 4. The van der Waals surface area contributed by atoms with E-state index in [0.29, 0.717) is 10.9 Å². The number of aromatic carboxylic acids is 1. The van der Waals surface area contributed by atoms with E-state index in [4.69, 9.17) is 11.6 Å². The summed E-state index contributed by atoms with van der Waals surface area (Å²) in [5, 5.41) is 9.84. The Morgan fingerprint density at radius 2 is 1.68 bits per heavy atom. The maximum Gasteiger partial charge on any atom is 0.335 e. The summed E-state index contributed by atoms with van der Waals surface area (Å²) in [4.78, 5) is 11.5. The monoisotopic (exact) mass is 434 g/mol. The number of aryl methyl sites for hydroxylation is 1. The van der Waals surface area contributed by atoms with E-state index in [1.165, 1.54) is 17.7 Å². The highest BCUT2D eigenvalue weighted by molar-refractivity contribution is 6.32. The number of carboxylic acids is 1. The molecule has 0 fully saturated rings. The average Bonchev–Trinajstić information content (AvgIpc) is 2.92. The largest absolute Gasteiger partial charge is 0.478 e. The zero-order chi connectivity index (χ0) is 22.1. The van der Waals surface area contributed by atoms with Crippen molar-refractivity contribution >= 4 is 28.7 Å². The molecule has 0 saturated carbocycles. The van der Waals surface area contributed by atoms with Crippen molar-refractivity contribution < 1.29 is 14.3 Å². The topological polar surface area (TPSA) is 37.3 Å². The average molecular weight is 435 g/mol.